The number of likely N-dealkylation sites (tertiary alicyclic amines) is 1. The molecule has 2 atom stereocenters. The smallest absolute Gasteiger partial charge is 0.169 e. The van der Waals surface area contributed by atoms with Gasteiger partial charge in [-0.1, -0.05) is 6.92 Å². The lowest BCUT2D eigenvalue weighted by Crippen LogP contribution is -2.49. The van der Waals surface area contributed by atoms with Crippen LogP contribution in [0.4, 0.5) is 0 Å². The average molecular weight is 216 g/mol. The maximum absolute atomic E-state index is 5.15. The molecule has 90 valence electrons. The molecular formula is C11H24N2O2. The lowest BCUT2D eigenvalue weighted by molar-refractivity contribution is -0.101. The van der Waals surface area contributed by atoms with Gasteiger partial charge >= 0.3 is 0 Å². The second kappa shape index (κ2) is 6.43. The first-order chi connectivity index (χ1) is 7.17. The molecule has 1 N–H and O–H groups in total. The molecule has 0 aliphatic carbocycles. The summed E-state index contributed by atoms with van der Waals surface area (Å²) in [7, 11) is 5.53. The summed E-state index contributed by atoms with van der Waals surface area (Å²) in [4.78, 5) is 2.38. The van der Waals surface area contributed by atoms with E-state index in [2.05, 4.69) is 24.2 Å². The quantitative estimate of drug-likeness (QED) is 0.680. The van der Waals surface area contributed by atoms with E-state index in [1.807, 2.05) is 0 Å². The Morgan fingerprint density at radius 2 is 2.07 bits per heavy atom. The molecular weight excluding hydrogens is 192 g/mol. The van der Waals surface area contributed by atoms with Crippen molar-refractivity contribution in [2.24, 2.45) is 5.92 Å². The van der Waals surface area contributed by atoms with Gasteiger partial charge in [0.25, 0.3) is 0 Å². The molecule has 2 unspecified atom stereocenters. The average Bonchev–Trinajstić information content (AvgIpc) is 2.22. The second-order valence-corrected chi connectivity index (χ2v) is 4.44. The van der Waals surface area contributed by atoms with Crippen molar-refractivity contribution in [3.8, 4) is 0 Å². The fourth-order valence-corrected chi connectivity index (χ4v) is 2.17. The third-order valence-corrected chi connectivity index (χ3v) is 3.18. The maximum Gasteiger partial charge on any atom is 0.169 e. The van der Waals surface area contributed by atoms with Crippen molar-refractivity contribution in [1.82, 2.24) is 10.2 Å². The Labute approximate surface area is 92.9 Å². The highest BCUT2D eigenvalue weighted by Gasteiger charge is 2.24. The SMILES string of the molecule is COC(CNC1CCN(C)CC1C)OC. The third kappa shape index (κ3) is 4.07. The number of nitrogens with zero attached hydrogens (tertiary/aromatic N) is 1. The Kier molecular flexibility index (Phi) is 5.53. The number of hydrogen-bond acceptors (Lipinski definition) is 4. The molecule has 0 bridgehead atoms. The van der Waals surface area contributed by atoms with E-state index in [0.29, 0.717) is 12.0 Å². The largest absolute Gasteiger partial charge is 0.355 e. The minimum atomic E-state index is -0.128. The maximum atomic E-state index is 5.15. The van der Waals surface area contributed by atoms with Crippen molar-refractivity contribution in [3.63, 3.8) is 0 Å². The molecule has 0 aromatic rings. The zero-order chi connectivity index (χ0) is 11.3. The predicted molar refractivity (Wildman–Crippen MR) is 60.9 cm³/mol. The Morgan fingerprint density at radius 1 is 1.40 bits per heavy atom. The molecule has 15 heavy (non-hydrogen) atoms. The fourth-order valence-electron chi connectivity index (χ4n) is 2.17. The van der Waals surface area contributed by atoms with Gasteiger partial charge in [0.05, 0.1) is 0 Å². The molecule has 0 aromatic heterocycles. The first kappa shape index (κ1) is 12.9. The third-order valence-electron chi connectivity index (χ3n) is 3.18. The highest BCUT2D eigenvalue weighted by atomic mass is 16.7. The number of hydrogen-bond donors (Lipinski definition) is 1. The van der Waals surface area contributed by atoms with Crippen LogP contribution in [0.1, 0.15) is 13.3 Å². The van der Waals surface area contributed by atoms with E-state index in [-0.39, 0.29) is 6.29 Å². The predicted octanol–water partition coefficient (Wildman–Crippen LogP) is 0.535. The molecule has 0 aromatic carbocycles. The minimum Gasteiger partial charge on any atom is -0.355 e. The van der Waals surface area contributed by atoms with Crippen LogP contribution in [0.15, 0.2) is 0 Å². The summed E-state index contributed by atoms with van der Waals surface area (Å²) in [5.41, 5.74) is 0. The number of methoxy groups -OCH3 is 2. The van der Waals surface area contributed by atoms with Crippen LogP contribution < -0.4 is 5.32 Å². The summed E-state index contributed by atoms with van der Waals surface area (Å²) in [6, 6.07) is 0.592. The number of nitrogens with one attached hydrogen (secondary N) is 1. The van der Waals surface area contributed by atoms with Crippen molar-refractivity contribution < 1.29 is 9.47 Å². The van der Waals surface area contributed by atoms with Crippen LogP contribution >= 0.6 is 0 Å². The highest BCUT2D eigenvalue weighted by molar-refractivity contribution is 4.81. The van der Waals surface area contributed by atoms with Gasteiger partial charge < -0.3 is 19.7 Å². The Balaban J connectivity index is 2.26. The number of ether oxygens (including phenoxy) is 2. The normalized spacial score (nSPS) is 28.6. The summed E-state index contributed by atoms with van der Waals surface area (Å²) in [6.45, 7) is 5.41. The van der Waals surface area contributed by atoms with Crippen LogP contribution in [-0.2, 0) is 9.47 Å². The highest BCUT2D eigenvalue weighted by Crippen LogP contribution is 2.15. The van der Waals surface area contributed by atoms with Crippen LogP contribution in [0.2, 0.25) is 0 Å². The fraction of sp³-hybridized carbons (Fsp3) is 1.00. The van der Waals surface area contributed by atoms with Gasteiger partial charge in [-0.05, 0) is 25.9 Å². The molecule has 4 nitrogen and oxygen atoms in total. The Morgan fingerprint density at radius 3 is 2.60 bits per heavy atom. The first-order valence-corrected chi connectivity index (χ1v) is 5.65. The standard InChI is InChI=1S/C11H24N2O2/c1-9-8-13(2)6-5-10(9)12-7-11(14-3)15-4/h9-12H,5-8H2,1-4H3. The van der Waals surface area contributed by atoms with Crippen molar-refractivity contribution in [3.05, 3.63) is 0 Å². The molecule has 1 aliphatic rings. The van der Waals surface area contributed by atoms with Crippen molar-refractivity contribution in [1.29, 1.82) is 0 Å². The van der Waals surface area contributed by atoms with Crippen LogP contribution in [0.25, 0.3) is 0 Å². The second-order valence-electron chi connectivity index (χ2n) is 4.44. The molecule has 0 radical (unpaired) electrons. The molecule has 1 fully saturated rings. The zero-order valence-electron chi connectivity index (χ0n) is 10.3. The zero-order valence-corrected chi connectivity index (χ0v) is 10.3. The van der Waals surface area contributed by atoms with E-state index in [0.717, 1.165) is 6.54 Å². The molecule has 1 aliphatic heterocycles. The summed E-state index contributed by atoms with van der Waals surface area (Å²) in [5.74, 6) is 0.693. The van der Waals surface area contributed by atoms with Gasteiger partial charge in [0.15, 0.2) is 6.29 Å². The van der Waals surface area contributed by atoms with Gasteiger partial charge in [0.1, 0.15) is 0 Å². The van der Waals surface area contributed by atoms with E-state index < -0.39 is 0 Å². The van der Waals surface area contributed by atoms with Gasteiger partial charge in [-0.25, -0.2) is 0 Å². The Hall–Kier alpha value is -0.160. The summed E-state index contributed by atoms with van der Waals surface area (Å²) in [6.07, 6.45) is 1.08. The summed E-state index contributed by atoms with van der Waals surface area (Å²) in [5, 5.41) is 3.52. The minimum absolute atomic E-state index is 0.128. The van der Waals surface area contributed by atoms with E-state index in [1.165, 1.54) is 19.5 Å². The molecule has 4 heteroatoms. The molecule has 1 rings (SSSR count). The van der Waals surface area contributed by atoms with E-state index in [1.54, 1.807) is 14.2 Å². The summed E-state index contributed by atoms with van der Waals surface area (Å²) < 4.78 is 10.3. The van der Waals surface area contributed by atoms with Crippen LogP contribution in [0, 0.1) is 5.92 Å². The van der Waals surface area contributed by atoms with Gasteiger partial charge in [-0.2, -0.15) is 0 Å². The Bertz CT molecular complexity index is 174. The van der Waals surface area contributed by atoms with E-state index >= 15 is 0 Å². The lowest BCUT2D eigenvalue weighted by atomic mass is 9.94. The van der Waals surface area contributed by atoms with Crippen molar-refractivity contribution in [2.75, 3.05) is 40.9 Å². The van der Waals surface area contributed by atoms with Gasteiger partial charge in [-0.15, -0.1) is 0 Å². The summed E-state index contributed by atoms with van der Waals surface area (Å²) >= 11 is 0. The molecule has 0 saturated carbocycles. The van der Waals surface area contributed by atoms with Crippen molar-refractivity contribution >= 4 is 0 Å². The first-order valence-electron chi connectivity index (χ1n) is 5.65. The van der Waals surface area contributed by atoms with Crippen molar-refractivity contribution in [2.45, 2.75) is 25.7 Å². The van der Waals surface area contributed by atoms with Crippen LogP contribution in [0.3, 0.4) is 0 Å². The molecule has 0 amide bonds. The molecule has 0 spiro atoms. The topological polar surface area (TPSA) is 33.7 Å². The van der Waals surface area contributed by atoms with E-state index in [4.69, 9.17) is 9.47 Å². The van der Waals surface area contributed by atoms with Crippen LogP contribution in [-0.4, -0.2) is 58.1 Å². The van der Waals surface area contributed by atoms with Gasteiger partial charge in [-0.3, -0.25) is 0 Å². The van der Waals surface area contributed by atoms with E-state index in [9.17, 15) is 0 Å². The van der Waals surface area contributed by atoms with Gasteiger partial charge in [0, 0.05) is 33.4 Å². The monoisotopic (exact) mass is 216 g/mol. The van der Waals surface area contributed by atoms with Gasteiger partial charge in [0.2, 0.25) is 0 Å². The molecule has 1 saturated heterocycles. The molecule has 1 heterocycles. The number of piperidine rings is 1. The lowest BCUT2D eigenvalue weighted by Gasteiger charge is -2.35. The number of rotatable bonds is 5. The van der Waals surface area contributed by atoms with Crippen LogP contribution in [0.5, 0.6) is 0 Å².